The minimum Gasteiger partial charge on any atom is -0.384 e. The molecule has 1 aromatic rings. The van der Waals surface area contributed by atoms with Crippen LogP contribution in [0.4, 0.5) is 4.39 Å². The third-order valence-corrected chi connectivity index (χ3v) is 5.25. The van der Waals surface area contributed by atoms with Crippen LogP contribution in [0.2, 0.25) is 0 Å². The van der Waals surface area contributed by atoms with Gasteiger partial charge in [0.25, 0.3) is 0 Å². The molecule has 0 radical (unpaired) electrons. The molecule has 7 heteroatoms. The average molecular weight is 377 g/mol. The summed E-state index contributed by atoms with van der Waals surface area (Å²) in [4.78, 5) is 13.6. The van der Waals surface area contributed by atoms with Gasteiger partial charge in [-0.05, 0) is 62.4 Å². The van der Waals surface area contributed by atoms with Gasteiger partial charge in [-0.25, -0.2) is 4.39 Å². The topological polar surface area (TPSA) is 50.4 Å². The van der Waals surface area contributed by atoms with E-state index in [1.807, 2.05) is 0 Å². The molecule has 0 aliphatic carbocycles. The molecule has 2 N–H and O–H groups in total. The SMILES string of the molecule is COCC1(C(=O)NCCCSc2ccc(F)cc2)CCNCC1.Cl. The van der Waals surface area contributed by atoms with E-state index in [1.165, 1.54) is 12.1 Å². The fraction of sp³-hybridized carbons (Fsp3) is 0.588. The number of carbonyl (C=O) groups excluding carboxylic acids is 1. The molecule has 1 heterocycles. The van der Waals surface area contributed by atoms with Crippen molar-refractivity contribution >= 4 is 30.1 Å². The van der Waals surface area contributed by atoms with Gasteiger partial charge in [-0.2, -0.15) is 0 Å². The molecule has 0 aromatic heterocycles. The molecule has 1 saturated heterocycles. The Kier molecular flexibility index (Phi) is 9.66. The van der Waals surface area contributed by atoms with E-state index in [4.69, 9.17) is 4.74 Å². The molecular weight excluding hydrogens is 351 g/mol. The minimum atomic E-state index is -0.385. The molecule has 1 aromatic carbocycles. The number of methoxy groups -OCH3 is 1. The lowest BCUT2D eigenvalue weighted by Gasteiger charge is -2.35. The fourth-order valence-electron chi connectivity index (χ4n) is 2.80. The van der Waals surface area contributed by atoms with Crippen molar-refractivity contribution < 1.29 is 13.9 Å². The lowest BCUT2D eigenvalue weighted by Crippen LogP contribution is -2.50. The molecule has 136 valence electrons. The zero-order valence-corrected chi connectivity index (χ0v) is 15.6. The zero-order chi connectivity index (χ0) is 16.5. The predicted octanol–water partition coefficient (Wildman–Crippen LogP) is 2.86. The Labute approximate surface area is 153 Å². The number of amides is 1. The molecule has 1 aliphatic heterocycles. The first kappa shape index (κ1) is 21.2. The van der Waals surface area contributed by atoms with Crippen molar-refractivity contribution in [3.05, 3.63) is 30.1 Å². The molecular formula is C17H26ClFN2O2S. The van der Waals surface area contributed by atoms with Crippen LogP contribution in [0.5, 0.6) is 0 Å². The van der Waals surface area contributed by atoms with Crippen molar-refractivity contribution in [2.45, 2.75) is 24.2 Å². The van der Waals surface area contributed by atoms with E-state index in [9.17, 15) is 9.18 Å². The summed E-state index contributed by atoms with van der Waals surface area (Å²) in [5.74, 6) is 0.782. The summed E-state index contributed by atoms with van der Waals surface area (Å²) in [6, 6.07) is 6.49. The number of carbonyl (C=O) groups is 1. The largest absolute Gasteiger partial charge is 0.384 e. The van der Waals surface area contributed by atoms with Gasteiger partial charge in [-0.15, -0.1) is 24.2 Å². The Balaban J connectivity index is 0.00000288. The molecule has 0 bridgehead atoms. The standard InChI is InChI=1S/C17H25FN2O2S.ClH/c1-22-13-17(7-10-19-11-8-17)16(21)20-9-2-12-23-15-5-3-14(18)4-6-15;/h3-6,19H,2,7-13H2,1H3,(H,20,21);1H. The van der Waals surface area contributed by atoms with Crippen molar-refractivity contribution in [1.82, 2.24) is 10.6 Å². The highest BCUT2D eigenvalue weighted by Gasteiger charge is 2.39. The summed E-state index contributed by atoms with van der Waals surface area (Å²) in [7, 11) is 1.65. The third-order valence-electron chi connectivity index (χ3n) is 4.15. The first-order chi connectivity index (χ1) is 11.2. The number of rotatable bonds is 8. The quantitative estimate of drug-likeness (QED) is 0.541. The number of piperidine rings is 1. The molecule has 1 aliphatic rings. The molecule has 1 amide bonds. The van der Waals surface area contributed by atoms with Crippen LogP contribution in [0.25, 0.3) is 0 Å². The number of hydrogen-bond donors (Lipinski definition) is 2. The summed E-state index contributed by atoms with van der Waals surface area (Å²) in [6.45, 7) is 2.85. The Morgan fingerprint density at radius 1 is 1.33 bits per heavy atom. The molecule has 1 fully saturated rings. The van der Waals surface area contributed by atoms with E-state index in [0.717, 1.165) is 43.0 Å². The summed E-state index contributed by atoms with van der Waals surface area (Å²) in [5, 5.41) is 6.34. The van der Waals surface area contributed by atoms with E-state index in [-0.39, 0.29) is 29.5 Å². The Morgan fingerprint density at radius 2 is 2.00 bits per heavy atom. The highest BCUT2D eigenvalue weighted by atomic mass is 35.5. The second-order valence-electron chi connectivity index (χ2n) is 5.88. The van der Waals surface area contributed by atoms with Crippen molar-refractivity contribution in [2.24, 2.45) is 5.41 Å². The van der Waals surface area contributed by atoms with Gasteiger partial charge in [0, 0.05) is 18.6 Å². The van der Waals surface area contributed by atoms with E-state index in [0.29, 0.717) is 13.2 Å². The lowest BCUT2D eigenvalue weighted by atomic mass is 9.78. The monoisotopic (exact) mass is 376 g/mol. The third kappa shape index (κ3) is 6.24. The van der Waals surface area contributed by atoms with Gasteiger partial charge in [0.1, 0.15) is 5.82 Å². The zero-order valence-electron chi connectivity index (χ0n) is 14.0. The van der Waals surface area contributed by atoms with Crippen molar-refractivity contribution in [3.8, 4) is 0 Å². The Bertz CT molecular complexity index is 490. The van der Waals surface area contributed by atoms with Crippen LogP contribution in [-0.4, -0.2) is 45.0 Å². The smallest absolute Gasteiger partial charge is 0.228 e. The fourth-order valence-corrected chi connectivity index (χ4v) is 3.65. The van der Waals surface area contributed by atoms with E-state index >= 15 is 0 Å². The van der Waals surface area contributed by atoms with Gasteiger partial charge in [0.15, 0.2) is 0 Å². The number of benzene rings is 1. The summed E-state index contributed by atoms with van der Waals surface area (Å²) >= 11 is 1.67. The van der Waals surface area contributed by atoms with E-state index in [1.54, 1.807) is 31.0 Å². The van der Waals surface area contributed by atoms with Gasteiger partial charge < -0.3 is 15.4 Å². The van der Waals surface area contributed by atoms with Gasteiger partial charge in [-0.3, -0.25) is 4.79 Å². The predicted molar refractivity (Wildman–Crippen MR) is 98.4 cm³/mol. The molecule has 0 spiro atoms. The second kappa shape index (κ2) is 10.9. The van der Waals surface area contributed by atoms with Crippen LogP contribution in [0.1, 0.15) is 19.3 Å². The minimum absolute atomic E-state index is 0. The van der Waals surface area contributed by atoms with Gasteiger partial charge in [-0.1, -0.05) is 0 Å². The number of ether oxygens (including phenoxy) is 1. The van der Waals surface area contributed by atoms with Crippen LogP contribution in [-0.2, 0) is 9.53 Å². The summed E-state index contributed by atoms with van der Waals surface area (Å²) in [6.07, 6.45) is 2.52. The molecule has 2 rings (SSSR count). The number of hydrogen-bond acceptors (Lipinski definition) is 4. The maximum atomic E-state index is 12.8. The second-order valence-corrected chi connectivity index (χ2v) is 7.04. The van der Waals surface area contributed by atoms with Crippen LogP contribution < -0.4 is 10.6 Å². The number of nitrogens with one attached hydrogen (secondary N) is 2. The number of halogens is 2. The number of thioether (sulfide) groups is 1. The van der Waals surface area contributed by atoms with Gasteiger partial charge >= 0.3 is 0 Å². The average Bonchev–Trinajstić information content (AvgIpc) is 2.57. The van der Waals surface area contributed by atoms with Crippen LogP contribution in [0.15, 0.2) is 29.2 Å². The van der Waals surface area contributed by atoms with Crippen LogP contribution in [0, 0.1) is 11.2 Å². The summed E-state index contributed by atoms with van der Waals surface area (Å²) in [5.41, 5.74) is -0.385. The molecule has 0 atom stereocenters. The molecule has 24 heavy (non-hydrogen) atoms. The molecule has 0 saturated carbocycles. The first-order valence-corrected chi connectivity index (χ1v) is 9.01. The van der Waals surface area contributed by atoms with Crippen LogP contribution >= 0.6 is 24.2 Å². The van der Waals surface area contributed by atoms with Crippen molar-refractivity contribution in [3.63, 3.8) is 0 Å². The highest BCUT2D eigenvalue weighted by molar-refractivity contribution is 7.99. The maximum Gasteiger partial charge on any atom is 0.228 e. The lowest BCUT2D eigenvalue weighted by molar-refractivity contribution is -0.136. The van der Waals surface area contributed by atoms with Crippen LogP contribution in [0.3, 0.4) is 0 Å². The molecule has 0 unspecified atom stereocenters. The van der Waals surface area contributed by atoms with Crippen molar-refractivity contribution in [1.29, 1.82) is 0 Å². The highest BCUT2D eigenvalue weighted by Crippen LogP contribution is 2.29. The van der Waals surface area contributed by atoms with Crippen molar-refractivity contribution in [2.75, 3.05) is 39.1 Å². The van der Waals surface area contributed by atoms with Gasteiger partial charge in [0.2, 0.25) is 5.91 Å². The Hall–Kier alpha value is -0.820. The van der Waals surface area contributed by atoms with Gasteiger partial charge in [0.05, 0.1) is 12.0 Å². The summed E-state index contributed by atoms with van der Waals surface area (Å²) < 4.78 is 18.1. The molecule has 4 nitrogen and oxygen atoms in total. The normalized spacial score (nSPS) is 16.2. The Morgan fingerprint density at radius 3 is 2.62 bits per heavy atom. The maximum absolute atomic E-state index is 12.8. The first-order valence-electron chi connectivity index (χ1n) is 8.03. The van der Waals surface area contributed by atoms with E-state index < -0.39 is 0 Å². The van der Waals surface area contributed by atoms with E-state index in [2.05, 4.69) is 10.6 Å².